The molecular formula is C12H9ClN4O. The standard InChI is InChI=1S/C12H9ClN4O/c1-18-10-3-2-9-12(16-10)17-11(15-9)7-4-5-14-6-8(7)13/h2-6H,1H3,(H,15,16,17). The van der Waals surface area contributed by atoms with E-state index in [1.807, 2.05) is 6.07 Å². The molecule has 0 bridgehead atoms. The first-order valence-corrected chi connectivity index (χ1v) is 5.66. The molecule has 0 aromatic carbocycles. The van der Waals surface area contributed by atoms with E-state index >= 15 is 0 Å². The number of imidazole rings is 1. The van der Waals surface area contributed by atoms with Gasteiger partial charge in [0.2, 0.25) is 5.88 Å². The fourth-order valence-corrected chi connectivity index (χ4v) is 1.89. The minimum Gasteiger partial charge on any atom is -0.481 e. The fourth-order valence-electron chi connectivity index (χ4n) is 1.68. The highest BCUT2D eigenvalue weighted by molar-refractivity contribution is 6.33. The normalized spacial score (nSPS) is 10.8. The molecule has 0 aliphatic heterocycles. The summed E-state index contributed by atoms with van der Waals surface area (Å²) in [5.41, 5.74) is 2.22. The average molecular weight is 261 g/mol. The third-order valence-corrected chi connectivity index (χ3v) is 2.86. The molecule has 3 aromatic heterocycles. The monoisotopic (exact) mass is 260 g/mol. The molecule has 0 spiro atoms. The van der Waals surface area contributed by atoms with Gasteiger partial charge in [0, 0.05) is 24.0 Å². The van der Waals surface area contributed by atoms with Gasteiger partial charge in [-0.3, -0.25) is 4.98 Å². The van der Waals surface area contributed by atoms with Gasteiger partial charge in [0.05, 0.1) is 17.6 Å². The van der Waals surface area contributed by atoms with Crippen LogP contribution in [0, 0.1) is 0 Å². The average Bonchev–Trinajstić information content (AvgIpc) is 2.81. The molecule has 18 heavy (non-hydrogen) atoms. The van der Waals surface area contributed by atoms with E-state index in [0.29, 0.717) is 22.4 Å². The topological polar surface area (TPSA) is 63.7 Å². The Bertz CT molecular complexity index is 710. The molecule has 0 amide bonds. The highest BCUT2D eigenvalue weighted by Crippen LogP contribution is 2.26. The van der Waals surface area contributed by atoms with Crippen molar-refractivity contribution >= 4 is 22.8 Å². The molecule has 0 fully saturated rings. The molecule has 0 unspecified atom stereocenters. The van der Waals surface area contributed by atoms with Gasteiger partial charge in [-0.05, 0) is 12.1 Å². The summed E-state index contributed by atoms with van der Waals surface area (Å²) in [5, 5.41) is 0.545. The zero-order chi connectivity index (χ0) is 12.5. The van der Waals surface area contributed by atoms with Crippen LogP contribution in [-0.2, 0) is 0 Å². The number of fused-ring (bicyclic) bond motifs is 1. The number of nitrogens with one attached hydrogen (secondary N) is 1. The van der Waals surface area contributed by atoms with Crippen molar-refractivity contribution in [1.29, 1.82) is 0 Å². The predicted octanol–water partition coefficient (Wildman–Crippen LogP) is 2.68. The van der Waals surface area contributed by atoms with Crippen LogP contribution in [-0.4, -0.2) is 27.0 Å². The Balaban J connectivity index is 2.17. The molecule has 3 rings (SSSR count). The SMILES string of the molecule is COc1ccc2[nH]c(-c3ccncc3Cl)nc2n1. The Morgan fingerprint density at radius 3 is 2.89 bits per heavy atom. The number of methoxy groups -OCH3 is 1. The quantitative estimate of drug-likeness (QED) is 0.769. The number of nitrogens with zero attached hydrogens (tertiary/aromatic N) is 3. The Hall–Kier alpha value is -2.14. The molecule has 0 aliphatic carbocycles. The Labute approximate surface area is 108 Å². The molecule has 0 saturated heterocycles. The van der Waals surface area contributed by atoms with E-state index in [0.717, 1.165) is 11.1 Å². The van der Waals surface area contributed by atoms with Gasteiger partial charge in [-0.2, -0.15) is 4.98 Å². The first-order valence-electron chi connectivity index (χ1n) is 5.28. The summed E-state index contributed by atoms with van der Waals surface area (Å²) in [7, 11) is 1.57. The van der Waals surface area contributed by atoms with Crippen LogP contribution in [0.1, 0.15) is 0 Å². The van der Waals surface area contributed by atoms with Crippen molar-refractivity contribution in [2.75, 3.05) is 7.11 Å². The third kappa shape index (κ3) is 1.78. The van der Waals surface area contributed by atoms with Crippen molar-refractivity contribution in [2.45, 2.75) is 0 Å². The van der Waals surface area contributed by atoms with Crippen LogP contribution in [0.3, 0.4) is 0 Å². The van der Waals surface area contributed by atoms with E-state index in [-0.39, 0.29) is 0 Å². The molecular weight excluding hydrogens is 252 g/mol. The summed E-state index contributed by atoms with van der Waals surface area (Å²) < 4.78 is 5.06. The van der Waals surface area contributed by atoms with E-state index in [1.165, 1.54) is 0 Å². The lowest BCUT2D eigenvalue weighted by atomic mass is 10.2. The van der Waals surface area contributed by atoms with Gasteiger partial charge in [0.25, 0.3) is 0 Å². The summed E-state index contributed by atoms with van der Waals surface area (Å²) in [4.78, 5) is 15.7. The van der Waals surface area contributed by atoms with Crippen molar-refractivity contribution in [2.24, 2.45) is 0 Å². The van der Waals surface area contributed by atoms with Crippen LogP contribution >= 0.6 is 11.6 Å². The first-order chi connectivity index (χ1) is 8.78. The third-order valence-electron chi connectivity index (χ3n) is 2.56. The van der Waals surface area contributed by atoms with Crippen molar-refractivity contribution in [3.05, 3.63) is 35.6 Å². The Morgan fingerprint density at radius 1 is 1.22 bits per heavy atom. The lowest BCUT2D eigenvalue weighted by molar-refractivity contribution is 0.399. The zero-order valence-electron chi connectivity index (χ0n) is 9.51. The predicted molar refractivity (Wildman–Crippen MR) is 68.7 cm³/mol. The van der Waals surface area contributed by atoms with Crippen molar-refractivity contribution < 1.29 is 4.74 Å². The number of aromatic nitrogens is 4. The molecule has 6 heteroatoms. The number of hydrogen-bond donors (Lipinski definition) is 1. The van der Waals surface area contributed by atoms with Crippen LogP contribution in [0.5, 0.6) is 5.88 Å². The van der Waals surface area contributed by atoms with E-state index in [1.54, 1.807) is 31.6 Å². The van der Waals surface area contributed by atoms with E-state index in [4.69, 9.17) is 16.3 Å². The maximum absolute atomic E-state index is 6.08. The molecule has 3 aromatic rings. The lowest BCUT2D eigenvalue weighted by Gasteiger charge is -1.97. The highest BCUT2D eigenvalue weighted by Gasteiger charge is 2.10. The number of halogens is 1. The van der Waals surface area contributed by atoms with Gasteiger partial charge in [-0.25, -0.2) is 4.98 Å². The lowest BCUT2D eigenvalue weighted by Crippen LogP contribution is -1.86. The summed E-state index contributed by atoms with van der Waals surface area (Å²) >= 11 is 6.08. The van der Waals surface area contributed by atoms with Gasteiger partial charge in [-0.1, -0.05) is 11.6 Å². The smallest absolute Gasteiger partial charge is 0.215 e. The first kappa shape index (κ1) is 11.0. The molecule has 5 nitrogen and oxygen atoms in total. The number of H-pyrrole nitrogens is 1. The van der Waals surface area contributed by atoms with Gasteiger partial charge < -0.3 is 9.72 Å². The summed E-state index contributed by atoms with van der Waals surface area (Å²) in [5.74, 6) is 1.19. The number of rotatable bonds is 2. The highest BCUT2D eigenvalue weighted by atomic mass is 35.5. The van der Waals surface area contributed by atoms with Crippen LogP contribution in [0.15, 0.2) is 30.6 Å². The zero-order valence-corrected chi connectivity index (χ0v) is 10.3. The minimum absolute atomic E-state index is 0.529. The summed E-state index contributed by atoms with van der Waals surface area (Å²) in [6, 6.07) is 5.45. The largest absolute Gasteiger partial charge is 0.481 e. The number of pyridine rings is 2. The van der Waals surface area contributed by atoms with Gasteiger partial charge in [0.1, 0.15) is 5.82 Å². The maximum Gasteiger partial charge on any atom is 0.215 e. The molecule has 3 heterocycles. The molecule has 0 aliphatic rings. The van der Waals surface area contributed by atoms with E-state index < -0.39 is 0 Å². The molecule has 0 radical (unpaired) electrons. The molecule has 0 atom stereocenters. The number of ether oxygens (including phenoxy) is 1. The number of hydrogen-bond acceptors (Lipinski definition) is 4. The molecule has 90 valence electrons. The fraction of sp³-hybridized carbons (Fsp3) is 0.0833. The second-order valence-electron chi connectivity index (χ2n) is 3.67. The van der Waals surface area contributed by atoms with E-state index in [9.17, 15) is 0 Å². The maximum atomic E-state index is 6.08. The molecule has 1 N–H and O–H groups in total. The van der Waals surface area contributed by atoms with Crippen molar-refractivity contribution in [3.63, 3.8) is 0 Å². The second kappa shape index (κ2) is 4.27. The minimum atomic E-state index is 0.529. The van der Waals surface area contributed by atoms with Crippen molar-refractivity contribution in [3.8, 4) is 17.3 Å². The van der Waals surface area contributed by atoms with Crippen LogP contribution in [0.4, 0.5) is 0 Å². The van der Waals surface area contributed by atoms with Crippen LogP contribution in [0.2, 0.25) is 5.02 Å². The van der Waals surface area contributed by atoms with Crippen molar-refractivity contribution in [1.82, 2.24) is 19.9 Å². The second-order valence-corrected chi connectivity index (χ2v) is 4.07. The Morgan fingerprint density at radius 2 is 2.11 bits per heavy atom. The number of aromatic amines is 1. The van der Waals surface area contributed by atoms with E-state index in [2.05, 4.69) is 19.9 Å². The summed E-state index contributed by atoms with van der Waals surface area (Å²) in [6.45, 7) is 0. The Kier molecular flexibility index (Phi) is 2.60. The van der Waals surface area contributed by atoms with Gasteiger partial charge >= 0.3 is 0 Å². The molecule has 0 saturated carbocycles. The van der Waals surface area contributed by atoms with Gasteiger partial charge in [-0.15, -0.1) is 0 Å². The van der Waals surface area contributed by atoms with Crippen LogP contribution in [0.25, 0.3) is 22.6 Å². The van der Waals surface area contributed by atoms with Gasteiger partial charge in [0.15, 0.2) is 5.65 Å². The van der Waals surface area contributed by atoms with Crippen LogP contribution < -0.4 is 4.74 Å². The summed E-state index contributed by atoms with van der Waals surface area (Å²) in [6.07, 6.45) is 3.25.